The fraction of sp³-hybridized carbons (Fsp3) is 0.250. The molecule has 0 bridgehead atoms. The van der Waals surface area contributed by atoms with Gasteiger partial charge in [-0.25, -0.2) is 4.39 Å². The molecule has 0 spiro atoms. The normalized spacial score (nSPS) is 18.8. The van der Waals surface area contributed by atoms with Crippen LogP contribution in [-0.2, 0) is 0 Å². The van der Waals surface area contributed by atoms with Crippen molar-refractivity contribution in [2.75, 3.05) is 11.4 Å². The largest absolute Gasteiger partial charge is 0.364 e. The minimum Gasteiger partial charge on any atom is -0.364 e. The summed E-state index contributed by atoms with van der Waals surface area (Å²) in [4.78, 5) is 2.36. The summed E-state index contributed by atoms with van der Waals surface area (Å²) in [6, 6.07) is 15.7. The van der Waals surface area contributed by atoms with E-state index in [0.717, 1.165) is 23.1 Å². The van der Waals surface area contributed by atoms with Gasteiger partial charge in [0.15, 0.2) is 0 Å². The van der Waals surface area contributed by atoms with Crippen molar-refractivity contribution in [1.82, 2.24) is 0 Å². The van der Waals surface area contributed by atoms with Crippen LogP contribution in [0.15, 0.2) is 53.0 Å². The monoisotopic (exact) mass is 319 g/mol. The minimum absolute atomic E-state index is 0.178. The van der Waals surface area contributed by atoms with Crippen molar-refractivity contribution in [2.45, 2.75) is 18.9 Å². The van der Waals surface area contributed by atoms with Crippen molar-refractivity contribution in [3.8, 4) is 0 Å². The van der Waals surface area contributed by atoms with E-state index in [2.05, 4.69) is 45.1 Å². The van der Waals surface area contributed by atoms with E-state index in [-0.39, 0.29) is 5.82 Å². The Morgan fingerprint density at radius 2 is 1.68 bits per heavy atom. The molecular formula is C16H15BrFN. The van der Waals surface area contributed by atoms with Crippen molar-refractivity contribution in [3.05, 3.63) is 64.4 Å². The van der Waals surface area contributed by atoms with Crippen LogP contribution in [0.5, 0.6) is 0 Å². The summed E-state index contributed by atoms with van der Waals surface area (Å²) in [5.74, 6) is -0.178. The zero-order chi connectivity index (χ0) is 13.2. The van der Waals surface area contributed by atoms with E-state index in [0.29, 0.717) is 6.04 Å². The van der Waals surface area contributed by atoms with Gasteiger partial charge in [0, 0.05) is 16.7 Å². The highest BCUT2D eigenvalue weighted by molar-refractivity contribution is 9.10. The topological polar surface area (TPSA) is 3.24 Å². The molecule has 1 aliphatic heterocycles. The molecule has 1 aliphatic rings. The number of anilines is 1. The molecular weight excluding hydrogens is 305 g/mol. The van der Waals surface area contributed by atoms with Crippen molar-refractivity contribution in [2.24, 2.45) is 0 Å². The van der Waals surface area contributed by atoms with Crippen molar-refractivity contribution < 1.29 is 4.39 Å². The van der Waals surface area contributed by atoms with E-state index >= 15 is 0 Å². The summed E-state index contributed by atoms with van der Waals surface area (Å²) in [6.07, 6.45) is 2.33. The molecule has 19 heavy (non-hydrogen) atoms. The number of rotatable bonds is 2. The third kappa shape index (κ3) is 2.66. The quantitative estimate of drug-likeness (QED) is 0.758. The first-order valence-corrected chi connectivity index (χ1v) is 7.31. The van der Waals surface area contributed by atoms with E-state index in [1.165, 1.54) is 24.1 Å². The zero-order valence-electron chi connectivity index (χ0n) is 10.5. The number of hydrogen-bond acceptors (Lipinski definition) is 1. The molecule has 0 aliphatic carbocycles. The lowest BCUT2D eigenvalue weighted by molar-refractivity contribution is 0.627. The van der Waals surface area contributed by atoms with Gasteiger partial charge in [0.25, 0.3) is 0 Å². The zero-order valence-corrected chi connectivity index (χ0v) is 12.1. The van der Waals surface area contributed by atoms with Gasteiger partial charge in [-0.05, 0) is 54.8 Å². The van der Waals surface area contributed by atoms with E-state index in [1.807, 2.05) is 12.1 Å². The molecule has 0 radical (unpaired) electrons. The summed E-state index contributed by atoms with van der Waals surface area (Å²) in [5, 5.41) is 0. The summed E-state index contributed by atoms with van der Waals surface area (Å²) in [5.41, 5.74) is 2.43. The fourth-order valence-corrected chi connectivity index (χ4v) is 3.00. The van der Waals surface area contributed by atoms with Gasteiger partial charge in [-0.3, -0.25) is 0 Å². The molecule has 2 aromatic rings. The number of halogens is 2. The van der Waals surface area contributed by atoms with Gasteiger partial charge in [-0.1, -0.05) is 28.1 Å². The van der Waals surface area contributed by atoms with Crippen LogP contribution in [0, 0.1) is 5.82 Å². The standard InChI is InChI=1S/C16H15BrFN/c17-13-5-3-12(4-6-13)16-2-1-11-19(16)15-9-7-14(18)8-10-15/h3-10,16H,1-2,11H2. The molecule has 0 N–H and O–H groups in total. The average molecular weight is 320 g/mol. The molecule has 1 unspecified atom stereocenters. The Hall–Kier alpha value is -1.35. The molecule has 0 amide bonds. The SMILES string of the molecule is Fc1ccc(N2CCCC2c2ccc(Br)cc2)cc1. The van der Waals surface area contributed by atoms with E-state index < -0.39 is 0 Å². The highest BCUT2D eigenvalue weighted by Crippen LogP contribution is 2.36. The highest BCUT2D eigenvalue weighted by atomic mass is 79.9. The van der Waals surface area contributed by atoms with E-state index in [1.54, 1.807) is 0 Å². The van der Waals surface area contributed by atoms with Crippen LogP contribution < -0.4 is 4.90 Å². The van der Waals surface area contributed by atoms with Crippen LogP contribution in [0.3, 0.4) is 0 Å². The molecule has 0 saturated carbocycles. The Labute approximate surface area is 121 Å². The molecule has 1 heterocycles. The van der Waals surface area contributed by atoms with Gasteiger partial charge in [-0.2, -0.15) is 0 Å². The van der Waals surface area contributed by atoms with Gasteiger partial charge in [0.2, 0.25) is 0 Å². The Bertz CT molecular complexity index is 498. The summed E-state index contributed by atoms with van der Waals surface area (Å²) < 4.78 is 14.1. The predicted molar refractivity (Wildman–Crippen MR) is 79.9 cm³/mol. The smallest absolute Gasteiger partial charge is 0.123 e. The minimum atomic E-state index is -0.178. The first kappa shape index (κ1) is 12.7. The Morgan fingerprint density at radius 1 is 1.00 bits per heavy atom. The summed E-state index contributed by atoms with van der Waals surface area (Å²) in [7, 11) is 0. The maximum atomic E-state index is 13.0. The van der Waals surface area contributed by atoms with Crippen molar-refractivity contribution in [3.63, 3.8) is 0 Å². The van der Waals surface area contributed by atoms with Crippen LogP contribution in [-0.4, -0.2) is 6.54 Å². The lowest BCUT2D eigenvalue weighted by Gasteiger charge is -2.27. The van der Waals surface area contributed by atoms with E-state index in [9.17, 15) is 4.39 Å². The molecule has 2 aromatic carbocycles. The van der Waals surface area contributed by atoms with Gasteiger partial charge >= 0.3 is 0 Å². The maximum Gasteiger partial charge on any atom is 0.123 e. The lowest BCUT2D eigenvalue weighted by Crippen LogP contribution is -2.22. The third-order valence-corrected chi connectivity index (χ3v) is 4.19. The second-order valence-electron chi connectivity index (χ2n) is 4.88. The van der Waals surface area contributed by atoms with Crippen LogP contribution >= 0.6 is 15.9 Å². The highest BCUT2D eigenvalue weighted by Gasteiger charge is 2.25. The van der Waals surface area contributed by atoms with Gasteiger partial charge in [0.05, 0.1) is 6.04 Å². The van der Waals surface area contributed by atoms with Gasteiger partial charge in [-0.15, -0.1) is 0 Å². The Morgan fingerprint density at radius 3 is 2.37 bits per heavy atom. The second kappa shape index (κ2) is 5.33. The Kier molecular flexibility index (Phi) is 3.56. The fourth-order valence-electron chi connectivity index (χ4n) is 2.74. The number of hydrogen-bond donors (Lipinski definition) is 0. The van der Waals surface area contributed by atoms with Gasteiger partial charge < -0.3 is 4.90 Å². The van der Waals surface area contributed by atoms with Crippen molar-refractivity contribution in [1.29, 1.82) is 0 Å². The molecule has 3 heteroatoms. The van der Waals surface area contributed by atoms with Gasteiger partial charge in [0.1, 0.15) is 5.82 Å². The van der Waals surface area contributed by atoms with Crippen molar-refractivity contribution >= 4 is 21.6 Å². The van der Waals surface area contributed by atoms with Crippen LogP contribution in [0.1, 0.15) is 24.4 Å². The van der Waals surface area contributed by atoms with E-state index in [4.69, 9.17) is 0 Å². The first-order chi connectivity index (χ1) is 9.24. The number of nitrogens with zero attached hydrogens (tertiary/aromatic N) is 1. The van der Waals surface area contributed by atoms with Crippen LogP contribution in [0.2, 0.25) is 0 Å². The number of benzene rings is 2. The second-order valence-corrected chi connectivity index (χ2v) is 5.80. The molecule has 98 valence electrons. The third-order valence-electron chi connectivity index (χ3n) is 3.67. The average Bonchev–Trinajstić information content (AvgIpc) is 2.90. The molecule has 3 rings (SSSR count). The molecule has 1 atom stereocenters. The van der Waals surface area contributed by atoms with Crippen LogP contribution in [0.4, 0.5) is 10.1 Å². The first-order valence-electron chi connectivity index (χ1n) is 6.52. The lowest BCUT2D eigenvalue weighted by atomic mass is 10.0. The molecule has 1 saturated heterocycles. The molecule has 0 aromatic heterocycles. The summed E-state index contributed by atoms with van der Waals surface area (Å²) in [6.45, 7) is 1.03. The Balaban J connectivity index is 1.89. The summed E-state index contributed by atoms with van der Waals surface area (Å²) >= 11 is 3.47. The maximum absolute atomic E-state index is 13.0. The molecule has 1 fully saturated rings. The van der Waals surface area contributed by atoms with Crippen LogP contribution in [0.25, 0.3) is 0 Å². The molecule has 1 nitrogen and oxygen atoms in total. The predicted octanol–water partition coefficient (Wildman–Crippen LogP) is 4.93.